The predicted octanol–water partition coefficient (Wildman–Crippen LogP) is 1.63. The van der Waals surface area contributed by atoms with Gasteiger partial charge in [-0.3, -0.25) is 0 Å². The first kappa shape index (κ1) is 14.7. The fourth-order valence-electron chi connectivity index (χ4n) is 3.43. The molecule has 5 nitrogen and oxygen atoms in total. The van der Waals surface area contributed by atoms with Crippen molar-refractivity contribution in [3.8, 4) is 11.5 Å². The van der Waals surface area contributed by atoms with Crippen molar-refractivity contribution in [1.29, 1.82) is 0 Å². The molecule has 6 heteroatoms. The molecule has 0 spiro atoms. The standard InChI is InChI=1S/C15H21NO4S/c1-21(17,18)14-9-13-12(19-6-7-20-13)8-11(14)15(10-16)4-2-3-5-15/h8-9H,2-7,10,16H2,1H3. The third kappa shape index (κ3) is 2.51. The molecule has 2 N–H and O–H groups in total. The molecule has 1 saturated carbocycles. The first-order chi connectivity index (χ1) is 9.96. The van der Waals surface area contributed by atoms with Gasteiger partial charge in [-0.05, 0) is 24.5 Å². The van der Waals surface area contributed by atoms with Gasteiger partial charge in [-0.2, -0.15) is 0 Å². The van der Waals surface area contributed by atoms with E-state index in [0.717, 1.165) is 31.2 Å². The van der Waals surface area contributed by atoms with Gasteiger partial charge in [-0.25, -0.2) is 8.42 Å². The van der Waals surface area contributed by atoms with Crippen LogP contribution in [0.25, 0.3) is 0 Å². The topological polar surface area (TPSA) is 78.6 Å². The highest BCUT2D eigenvalue weighted by molar-refractivity contribution is 7.90. The molecule has 1 aromatic carbocycles. The average Bonchev–Trinajstić information content (AvgIpc) is 2.95. The summed E-state index contributed by atoms with van der Waals surface area (Å²) in [5, 5.41) is 0. The van der Waals surface area contributed by atoms with Gasteiger partial charge in [0.1, 0.15) is 13.2 Å². The van der Waals surface area contributed by atoms with E-state index >= 15 is 0 Å². The molecule has 21 heavy (non-hydrogen) atoms. The second kappa shape index (κ2) is 5.18. The van der Waals surface area contributed by atoms with Crippen LogP contribution in [0.1, 0.15) is 31.2 Å². The number of benzene rings is 1. The van der Waals surface area contributed by atoms with Crippen LogP contribution in [0.2, 0.25) is 0 Å². The molecular formula is C15H21NO4S. The molecule has 0 unspecified atom stereocenters. The number of nitrogens with two attached hydrogens (primary N) is 1. The minimum atomic E-state index is -3.34. The van der Waals surface area contributed by atoms with Crippen LogP contribution in [-0.4, -0.2) is 34.4 Å². The van der Waals surface area contributed by atoms with Crippen LogP contribution in [0.3, 0.4) is 0 Å². The lowest BCUT2D eigenvalue weighted by atomic mass is 9.79. The van der Waals surface area contributed by atoms with Crippen molar-refractivity contribution in [3.05, 3.63) is 17.7 Å². The summed E-state index contributed by atoms with van der Waals surface area (Å²) in [5.74, 6) is 1.14. The largest absolute Gasteiger partial charge is 0.486 e. The van der Waals surface area contributed by atoms with E-state index in [1.807, 2.05) is 6.07 Å². The maximum absolute atomic E-state index is 12.2. The Morgan fingerprint density at radius 3 is 2.24 bits per heavy atom. The second-order valence-electron chi connectivity index (χ2n) is 5.96. The molecule has 1 aromatic rings. The van der Waals surface area contributed by atoms with Crippen molar-refractivity contribution in [2.45, 2.75) is 36.0 Å². The van der Waals surface area contributed by atoms with Gasteiger partial charge in [-0.1, -0.05) is 12.8 Å². The van der Waals surface area contributed by atoms with Crippen molar-refractivity contribution in [2.75, 3.05) is 26.0 Å². The Morgan fingerprint density at radius 2 is 1.71 bits per heavy atom. The van der Waals surface area contributed by atoms with Crippen LogP contribution in [0, 0.1) is 0 Å². The van der Waals surface area contributed by atoms with E-state index in [2.05, 4.69) is 0 Å². The van der Waals surface area contributed by atoms with E-state index in [9.17, 15) is 8.42 Å². The average molecular weight is 311 g/mol. The van der Waals surface area contributed by atoms with Crippen LogP contribution in [0.15, 0.2) is 17.0 Å². The summed E-state index contributed by atoms with van der Waals surface area (Å²) in [5.41, 5.74) is 6.57. The zero-order chi connectivity index (χ0) is 15.1. The van der Waals surface area contributed by atoms with Crippen molar-refractivity contribution in [1.82, 2.24) is 0 Å². The lowest BCUT2D eigenvalue weighted by molar-refractivity contribution is 0.170. The van der Waals surface area contributed by atoms with Crippen molar-refractivity contribution in [2.24, 2.45) is 5.73 Å². The van der Waals surface area contributed by atoms with Gasteiger partial charge in [0.25, 0.3) is 0 Å². The minimum Gasteiger partial charge on any atom is -0.486 e. The highest BCUT2D eigenvalue weighted by Gasteiger charge is 2.39. The Bertz CT molecular complexity index is 648. The molecule has 0 amide bonds. The maximum atomic E-state index is 12.2. The Kier molecular flexibility index (Phi) is 3.61. The second-order valence-corrected chi connectivity index (χ2v) is 7.94. The Labute approximate surface area is 125 Å². The van der Waals surface area contributed by atoms with Gasteiger partial charge in [-0.15, -0.1) is 0 Å². The Balaban J connectivity index is 2.22. The van der Waals surface area contributed by atoms with Crippen LogP contribution < -0.4 is 15.2 Å². The fraction of sp³-hybridized carbons (Fsp3) is 0.600. The van der Waals surface area contributed by atoms with Gasteiger partial charge in [0.05, 0.1) is 4.90 Å². The number of rotatable bonds is 3. The smallest absolute Gasteiger partial charge is 0.175 e. The van der Waals surface area contributed by atoms with E-state index in [4.69, 9.17) is 15.2 Å². The third-order valence-electron chi connectivity index (χ3n) is 4.57. The predicted molar refractivity (Wildman–Crippen MR) is 79.7 cm³/mol. The molecule has 0 saturated heterocycles. The zero-order valence-electron chi connectivity index (χ0n) is 12.2. The molecule has 0 aromatic heterocycles. The molecule has 2 aliphatic rings. The third-order valence-corrected chi connectivity index (χ3v) is 5.70. The summed E-state index contributed by atoms with van der Waals surface area (Å²) in [7, 11) is -3.34. The lowest BCUT2D eigenvalue weighted by Crippen LogP contribution is -2.34. The highest BCUT2D eigenvalue weighted by Crippen LogP contribution is 2.46. The number of hydrogen-bond donors (Lipinski definition) is 1. The highest BCUT2D eigenvalue weighted by atomic mass is 32.2. The summed E-state index contributed by atoms with van der Waals surface area (Å²) in [6.07, 6.45) is 5.24. The molecule has 3 rings (SSSR count). The number of sulfone groups is 1. The van der Waals surface area contributed by atoms with Crippen LogP contribution in [-0.2, 0) is 15.3 Å². The quantitative estimate of drug-likeness (QED) is 0.918. The number of ether oxygens (including phenoxy) is 2. The molecular weight excluding hydrogens is 290 g/mol. The molecule has 0 bridgehead atoms. The summed E-state index contributed by atoms with van der Waals surface area (Å²) in [4.78, 5) is 0.333. The molecule has 0 atom stereocenters. The minimum absolute atomic E-state index is 0.256. The maximum Gasteiger partial charge on any atom is 0.175 e. The van der Waals surface area contributed by atoms with Gasteiger partial charge < -0.3 is 15.2 Å². The van der Waals surface area contributed by atoms with E-state index in [1.165, 1.54) is 6.26 Å². The molecule has 1 fully saturated rings. The molecule has 1 aliphatic carbocycles. The molecule has 1 aliphatic heterocycles. The van der Waals surface area contributed by atoms with Gasteiger partial charge in [0.2, 0.25) is 0 Å². The summed E-state index contributed by atoms with van der Waals surface area (Å²) >= 11 is 0. The Morgan fingerprint density at radius 1 is 1.14 bits per heavy atom. The lowest BCUT2D eigenvalue weighted by Gasteiger charge is -2.31. The first-order valence-electron chi connectivity index (χ1n) is 7.30. The fourth-order valence-corrected chi connectivity index (χ4v) is 4.42. The van der Waals surface area contributed by atoms with Crippen LogP contribution in [0.5, 0.6) is 11.5 Å². The van der Waals surface area contributed by atoms with Crippen molar-refractivity contribution >= 4 is 9.84 Å². The van der Waals surface area contributed by atoms with Gasteiger partial charge in [0.15, 0.2) is 21.3 Å². The molecule has 0 radical (unpaired) electrons. The molecule has 116 valence electrons. The van der Waals surface area contributed by atoms with Crippen LogP contribution in [0.4, 0.5) is 0 Å². The number of hydrogen-bond acceptors (Lipinski definition) is 5. The first-order valence-corrected chi connectivity index (χ1v) is 9.20. The monoisotopic (exact) mass is 311 g/mol. The molecule has 1 heterocycles. The number of fused-ring (bicyclic) bond motifs is 1. The normalized spacial score (nSPS) is 20.5. The zero-order valence-corrected chi connectivity index (χ0v) is 13.0. The summed E-state index contributed by atoms with van der Waals surface area (Å²) < 4.78 is 35.6. The van der Waals surface area contributed by atoms with E-state index < -0.39 is 9.84 Å². The van der Waals surface area contributed by atoms with E-state index in [-0.39, 0.29) is 5.41 Å². The van der Waals surface area contributed by atoms with Crippen LogP contribution >= 0.6 is 0 Å². The van der Waals surface area contributed by atoms with Crippen molar-refractivity contribution in [3.63, 3.8) is 0 Å². The summed E-state index contributed by atoms with van der Waals surface area (Å²) in [6.45, 7) is 1.38. The van der Waals surface area contributed by atoms with Crippen molar-refractivity contribution < 1.29 is 17.9 Å². The van der Waals surface area contributed by atoms with Gasteiger partial charge in [0, 0.05) is 24.3 Å². The summed E-state index contributed by atoms with van der Waals surface area (Å²) in [6, 6.07) is 3.44. The van der Waals surface area contributed by atoms with E-state index in [0.29, 0.717) is 36.2 Å². The SMILES string of the molecule is CS(=O)(=O)c1cc2c(cc1C1(CN)CCCC1)OCCO2. The van der Waals surface area contributed by atoms with Gasteiger partial charge >= 0.3 is 0 Å². The Hall–Kier alpha value is -1.27. The van der Waals surface area contributed by atoms with E-state index in [1.54, 1.807) is 6.07 Å².